The summed E-state index contributed by atoms with van der Waals surface area (Å²) in [6.07, 6.45) is 4.93. The average molecular weight is 428 g/mol. The van der Waals surface area contributed by atoms with Gasteiger partial charge in [0.25, 0.3) is 0 Å². The Morgan fingerprint density at radius 3 is 2.38 bits per heavy atom. The molecule has 112 valence electrons. The van der Waals surface area contributed by atoms with E-state index in [9.17, 15) is 0 Å². The molecular formula is C18H20BHoO. The van der Waals surface area contributed by atoms with E-state index in [0.29, 0.717) is 6.61 Å². The van der Waals surface area contributed by atoms with Crippen LogP contribution in [0, 0.1) is 37.7 Å². The second kappa shape index (κ2) is 8.26. The SMILES string of the molecule is C[B]c1ccc(OCc2ccccc2)c2c1CCCC2.[Ho]. The average Bonchev–Trinajstić information content (AvgIpc) is 2.53. The maximum Gasteiger partial charge on any atom is 0.148 e. The van der Waals surface area contributed by atoms with E-state index in [4.69, 9.17) is 4.74 Å². The summed E-state index contributed by atoms with van der Waals surface area (Å²) in [6.45, 7) is 2.77. The second-order valence-electron chi connectivity index (χ2n) is 5.38. The van der Waals surface area contributed by atoms with Gasteiger partial charge >= 0.3 is 0 Å². The molecule has 0 fully saturated rings. The van der Waals surface area contributed by atoms with Crippen LogP contribution in [0.4, 0.5) is 0 Å². The largest absolute Gasteiger partial charge is 0.489 e. The molecule has 0 heterocycles. The molecule has 0 aliphatic heterocycles. The van der Waals surface area contributed by atoms with Gasteiger partial charge in [0.15, 0.2) is 0 Å². The van der Waals surface area contributed by atoms with Crippen LogP contribution >= 0.6 is 0 Å². The van der Waals surface area contributed by atoms with Crippen molar-refractivity contribution in [2.75, 3.05) is 0 Å². The molecule has 0 saturated carbocycles. The minimum atomic E-state index is 0. The first-order valence-electron chi connectivity index (χ1n) is 7.49. The van der Waals surface area contributed by atoms with Crippen LogP contribution in [0.3, 0.4) is 0 Å². The van der Waals surface area contributed by atoms with Gasteiger partial charge in [0, 0.05) is 37.7 Å². The van der Waals surface area contributed by atoms with Crippen LogP contribution in [0.1, 0.15) is 29.5 Å². The molecule has 0 aromatic heterocycles. The minimum absolute atomic E-state index is 0. The van der Waals surface area contributed by atoms with Gasteiger partial charge < -0.3 is 4.74 Å². The van der Waals surface area contributed by atoms with E-state index in [0.717, 1.165) is 12.2 Å². The molecular weight excluding hydrogens is 408 g/mol. The molecule has 0 amide bonds. The van der Waals surface area contributed by atoms with E-state index >= 15 is 0 Å². The third kappa shape index (κ3) is 4.06. The van der Waals surface area contributed by atoms with Crippen molar-refractivity contribution in [2.45, 2.75) is 39.1 Å². The van der Waals surface area contributed by atoms with Crippen LogP contribution in [0.5, 0.6) is 5.75 Å². The van der Waals surface area contributed by atoms with Gasteiger partial charge in [-0.2, -0.15) is 0 Å². The normalized spacial score (nSPS) is 13.0. The zero-order valence-electron chi connectivity index (χ0n) is 12.4. The first kappa shape index (κ1) is 16.9. The maximum atomic E-state index is 6.08. The molecule has 1 nitrogen and oxygen atoms in total. The molecule has 0 atom stereocenters. The molecule has 0 saturated heterocycles. The standard InChI is InChI=1S/C18H20BO.Ho/c1-19-17-11-12-18(16-10-6-5-9-15(16)17)20-13-14-7-3-2-4-8-14;/h2-4,7-8,11-12H,5-6,9-10,13H2,1H3;. The predicted octanol–water partition coefficient (Wildman–Crippen LogP) is 3.52. The van der Waals surface area contributed by atoms with Crippen LogP contribution < -0.4 is 10.2 Å². The summed E-state index contributed by atoms with van der Waals surface area (Å²) in [5.74, 6) is 1.08. The Bertz CT molecular complexity index is 583. The van der Waals surface area contributed by atoms with Crippen LogP contribution in [0.25, 0.3) is 0 Å². The summed E-state index contributed by atoms with van der Waals surface area (Å²) in [5, 5.41) is 0. The third-order valence-corrected chi connectivity index (χ3v) is 4.08. The van der Waals surface area contributed by atoms with Crippen molar-refractivity contribution in [3.05, 3.63) is 59.2 Å². The molecule has 2 aromatic rings. The number of rotatable bonds is 4. The monoisotopic (exact) mass is 428 g/mol. The van der Waals surface area contributed by atoms with Crippen LogP contribution in [0.2, 0.25) is 6.82 Å². The number of ether oxygens (including phenoxy) is 1. The van der Waals surface area contributed by atoms with Crippen molar-refractivity contribution in [1.82, 2.24) is 0 Å². The molecule has 0 N–H and O–H groups in total. The van der Waals surface area contributed by atoms with Gasteiger partial charge in [0.2, 0.25) is 0 Å². The summed E-state index contributed by atoms with van der Waals surface area (Å²) in [5.41, 5.74) is 5.54. The fourth-order valence-corrected chi connectivity index (χ4v) is 3.00. The number of benzene rings is 2. The van der Waals surface area contributed by atoms with Crippen molar-refractivity contribution >= 4 is 12.7 Å². The van der Waals surface area contributed by atoms with Gasteiger partial charge in [-0.05, 0) is 48.4 Å². The summed E-state index contributed by atoms with van der Waals surface area (Å²) >= 11 is 0. The van der Waals surface area contributed by atoms with Crippen molar-refractivity contribution in [2.24, 2.45) is 0 Å². The fourth-order valence-electron chi connectivity index (χ4n) is 3.00. The molecule has 2 aromatic carbocycles. The van der Waals surface area contributed by atoms with E-state index in [1.54, 1.807) is 0 Å². The van der Waals surface area contributed by atoms with Gasteiger partial charge in [-0.25, -0.2) is 0 Å². The molecule has 0 unspecified atom stereocenters. The number of fused-ring (bicyclic) bond motifs is 1. The molecule has 1 aliphatic rings. The quantitative estimate of drug-likeness (QED) is 0.678. The van der Waals surface area contributed by atoms with E-state index in [-0.39, 0.29) is 37.7 Å². The zero-order chi connectivity index (χ0) is 13.8. The Labute approximate surface area is 158 Å². The molecule has 3 rings (SSSR count). The Hall–Kier alpha value is -0.435. The zero-order valence-corrected chi connectivity index (χ0v) is 14.3. The Balaban J connectivity index is 0.00000161. The number of hydrogen-bond donors (Lipinski definition) is 0. The minimum Gasteiger partial charge on any atom is -0.489 e. The molecule has 21 heavy (non-hydrogen) atoms. The van der Waals surface area contributed by atoms with Gasteiger partial charge in [-0.3, -0.25) is 0 Å². The van der Waals surface area contributed by atoms with E-state index in [1.807, 2.05) is 6.07 Å². The predicted molar refractivity (Wildman–Crippen MR) is 85.1 cm³/mol. The molecule has 2 radical (unpaired) electrons. The molecule has 1 aliphatic carbocycles. The van der Waals surface area contributed by atoms with Crippen molar-refractivity contribution in [3.8, 4) is 5.75 Å². The maximum absolute atomic E-state index is 6.08. The topological polar surface area (TPSA) is 9.23 Å². The van der Waals surface area contributed by atoms with E-state index in [2.05, 4.69) is 50.5 Å². The summed E-state index contributed by atoms with van der Waals surface area (Å²) in [6, 6.07) is 14.7. The van der Waals surface area contributed by atoms with Crippen molar-refractivity contribution < 1.29 is 42.5 Å². The van der Waals surface area contributed by atoms with Gasteiger partial charge in [0.1, 0.15) is 19.6 Å². The summed E-state index contributed by atoms with van der Waals surface area (Å²) in [4.78, 5) is 0. The Kier molecular flexibility index (Phi) is 6.66. The van der Waals surface area contributed by atoms with E-state index in [1.165, 1.54) is 41.4 Å². The third-order valence-electron chi connectivity index (χ3n) is 4.08. The second-order valence-corrected chi connectivity index (χ2v) is 5.38. The van der Waals surface area contributed by atoms with E-state index < -0.39 is 0 Å². The first-order valence-corrected chi connectivity index (χ1v) is 7.49. The summed E-state index contributed by atoms with van der Waals surface area (Å²) in [7, 11) is 2.21. The fraction of sp³-hybridized carbons (Fsp3) is 0.333. The molecule has 0 bridgehead atoms. The Morgan fingerprint density at radius 1 is 0.952 bits per heavy atom. The summed E-state index contributed by atoms with van der Waals surface area (Å²) < 4.78 is 6.08. The number of hydrogen-bond acceptors (Lipinski definition) is 1. The van der Waals surface area contributed by atoms with Crippen LogP contribution in [-0.4, -0.2) is 7.28 Å². The Morgan fingerprint density at radius 2 is 1.67 bits per heavy atom. The molecule has 3 heteroatoms. The van der Waals surface area contributed by atoms with Crippen LogP contribution in [0.15, 0.2) is 42.5 Å². The van der Waals surface area contributed by atoms with Gasteiger partial charge in [-0.15, -0.1) is 0 Å². The molecule has 0 spiro atoms. The van der Waals surface area contributed by atoms with Crippen molar-refractivity contribution in [1.29, 1.82) is 0 Å². The van der Waals surface area contributed by atoms with Gasteiger partial charge in [0.05, 0.1) is 0 Å². The smallest absolute Gasteiger partial charge is 0.148 e. The van der Waals surface area contributed by atoms with Crippen molar-refractivity contribution in [3.63, 3.8) is 0 Å². The van der Waals surface area contributed by atoms with Gasteiger partial charge in [-0.1, -0.05) is 48.7 Å². The first-order chi connectivity index (χ1) is 9.88. The van der Waals surface area contributed by atoms with Crippen LogP contribution in [-0.2, 0) is 19.4 Å².